The number of carbonyl (C=O) groups excluding carboxylic acids is 1. The second kappa shape index (κ2) is 4.67. The van der Waals surface area contributed by atoms with Crippen LogP contribution in [0, 0.1) is 5.41 Å². The summed E-state index contributed by atoms with van der Waals surface area (Å²) in [4.78, 5) is 14.7. The van der Waals surface area contributed by atoms with Crippen molar-refractivity contribution in [1.82, 2.24) is 4.90 Å². The molecule has 2 aliphatic heterocycles. The van der Waals surface area contributed by atoms with Crippen LogP contribution in [0.25, 0.3) is 0 Å². The molecule has 0 saturated carbocycles. The van der Waals surface area contributed by atoms with Crippen LogP contribution in [0.5, 0.6) is 0 Å². The van der Waals surface area contributed by atoms with Crippen LogP contribution in [0.4, 0.5) is 0 Å². The fraction of sp³-hybridized carbons (Fsp3) is 0.818. The molecule has 0 atom stereocenters. The van der Waals surface area contributed by atoms with Crippen molar-refractivity contribution in [1.29, 1.82) is 0 Å². The van der Waals surface area contributed by atoms with Gasteiger partial charge in [-0.3, -0.25) is 4.79 Å². The second-order valence-corrected chi connectivity index (χ2v) is 5.00. The van der Waals surface area contributed by atoms with E-state index in [0.717, 1.165) is 25.9 Å². The van der Waals surface area contributed by atoms with E-state index in [2.05, 4.69) is 0 Å². The van der Waals surface area contributed by atoms with Crippen molar-refractivity contribution in [3.05, 3.63) is 0 Å². The number of ether oxygens (including phenoxy) is 1. The highest BCUT2D eigenvalue weighted by atomic mass is 32.1. The Hall–Kier alpha value is -0.680. The summed E-state index contributed by atoms with van der Waals surface area (Å²) >= 11 is 5.11. The molecule has 5 heteroatoms. The largest absolute Gasteiger partial charge is 0.392 e. The summed E-state index contributed by atoms with van der Waals surface area (Å²) in [5.74, 6) is 0.126. The standard InChI is InChI=1S/C11H18N2O2S/c12-9(16)11(3-7-15-8-4-11)10(14)13-5-1-2-6-13/h1-8H2,(H2,12,16). The Morgan fingerprint density at radius 3 is 2.31 bits per heavy atom. The van der Waals surface area contributed by atoms with Crippen molar-refractivity contribution < 1.29 is 9.53 Å². The number of rotatable bonds is 2. The minimum atomic E-state index is -0.627. The zero-order chi connectivity index (χ0) is 11.6. The quantitative estimate of drug-likeness (QED) is 0.724. The highest BCUT2D eigenvalue weighted by molar-refractivity contribution is 7.80. The van der Waals surface area contributed by atoms with Crippen LogP contribution >= 0.6 is 12.2 Å². The van der Waals surface area contributed by atoms with Gasteiger partial charge in [-0.05, 0) is 25.7 Å². The maximum absolute atomic E-state index is 12.5. The third-order valence-electron chi connectivity index (χ3n) is 3.62. The minimum Gasteiger partial charge on any atom is -0.392 e. The highest BCUT2D eigenvalue weighted by Crippen LogP contribution is 2.34. The van der Waals surface area contributed by atoms with Crippen LogP contribution < -0.4 is 5.73 Å². The third-order valence-corrected chi connectivity index (χ3v) is 4.01. The lowest BCUT2D eigenvalue weighted by Crippen LogP contribution is -2.52. The van der Waals surface area contributed by atoms with Gasteiger partial charge in [-0.25, -0.2) is 0 Å². The van der Waals surface area contributed by atoms with Crippen molar-refractivity contribution in [2.45, 2.75) is 25.7 Å². The Labute approximate surface area is 101 Å². The molecule has 2 fully saturated rings. The van der Waals surface area contributed by atoms with Crippen molar-refractivity contribution in [2.24, 2.45) is 11.1 Å². The topological polar surface area (TPSA) is 55.6 Å². The summed E-state index contributed by atoms with van der Waals surface area (Å²) < 4.78 is 5.30. The second-order valence-electron chi connectivity index (χ2n) is 4.56. The van der Waals surface area contributed by atoms with E-state index < -0.39 is 5.41 Å². The number of thiocarbonyl (C=S) groups is 1. The molecule has 0 aromatic heterocycles. The Morgan fingerprint density at radius 1 is 1.25 bits per heavy atom. The van der Waals surface area contributed by atoms with Gasteiger partial charge in [0.25, 0.3) is 0 Å². The van der Waals surface area contributed by atoms with Gasteiger partial charge in [0, 0.05) is 26.3 Å². The van der Waals surface area contributed by atoms with Gasteiger partial charge < -0.3 is 15.4 Å². The molecule has 0 unspecified atom stereocenters. The average Bonchev–Trinajstić information content (AvgIpc) is 2.82. The molecule has 16 heavy (non-hydrogen) atoms. The van der Waals surface area contributed by atoms with Gasteiger partial charge >= 0.3 is 0 Å². The number of hydrogen-bond donors (Lipinski definition) is 1. The molecule has 1 amide bonds. The molecule has 0 radical (unpaired) electrons. The van der Waals surface area contributed by atoms with E-state index in [9.17, 15) is 4.79 Å². The molecule has 0 spiro atoms. The fourth-order valence-electron chi connectivity index (χ4n) is 2.51. The van der Waals surface area contributed by atoms with E-state index in [-0.39, 0.29) is 5.91 Å². The third kappa shape index (κ3) is 1.94. The predicted molar refractivity (Wildman–Crippen MR) is 65.1 cm³/mol. The molecule has 0 aromatic carbocycles. The normalized spacial score (nSPS) is 24.4. The number of nitrogens with zero attached hydrogens (tertiary/aromatic N) is 1. The number of hydrogen-bond acceptors (Lipinski definition) is 3. The van der Waals surface area contributed by atoms with E-state index in [1.54, 1.807) is 0 Å². The molecule has 4 nitrogen and oxygen atoms in total. The van der Waals surface area contributed by atoms with Gasteiger partial charge in [-0.2, -0.15) is 0 Å². The maximum Gasteiger partial charge on any atom is 0.235 e. The first-order chi connectivity index (χ1) is 7.67. The number of amides is 1. The van der Waals surface area contributed by atoms with Crippen LogP contribution in [0.2, 0.25) is 0 Å². The van der Waals surface area contributed by atoms with Gasteiger partial charge in [-0.1, -0.05) is 12.2 Å². The van der Waals surface area contributed by atoms with Crippen molar-refractivity contribution in [3.8, 4) is 0 Å². The van der Waals surface area contributed by atoms with Crippen LogP contribution in [0.3, 0.4) is 0 Å². The zero-order valence-electron chi connectivity index (χ0n) is 9.41. The van der Waals surface area contributed by atoms with Crippen molar-refractivity contribution in [2.75, 3.05) is 26.3 Å². The van der Waals surface area contributed by atoms with Gasteiger partial charge in [0.15, 0.2) is 0 Å². The van der Waals surface area contributed by atoms with Crippen molar-refractivity contribution in [3.63, 3.8) is 0 Å². The van der Waals surface area contributed by atoms with Gasteiger partial charge in [-0.15, -0.1) is 0 Å². The van der Waals surface area contributed by atoms with Crippen LogP contribution in [0.1, 0.15) is 25.7 Å². The summed E-state index contributed by atoms with van der Waals surface area (Å²) in [5.41, 5.74) is 5.17. The lowest BCUT2D eigenvalue weighted by Gasteiger charge is -2.37. The summed E-state index contributed by atoms with van der Waals surface area (Å²) in [7, 11) is 0. The van der Waals surface area contributed by atoms with Gasteiger partial charge in [0.1, 0.15) is 5.41 Å². The van der Waals surface area contributed by atoms with Crippen molar-refractivity contribution >= 4 is 23.1 Å². The van der Waals surface area contributed by atoms with Crippen LogP contribution in [-0.4, -0.2) is 42.1 Å². The van der Waals surface area contributed by atoms with E-state index in [0.29, 0.717) is 31.0 Å². The maximum atomic E-state index is 12.5. The molecular weight excluding hydrogens is 224 g/mol. The fourth-order valence-corrected chi connectivity index (χ4v) is 2.80. The van der Waals surface area contributed by atoms with E-state index in [1.807, 2.05) is 4.90 Å². The summed E-state index contributed by atoms with van der Waals surface area (Å²) in [6.07, 6.45) is 3.46. The van der Waals surface area contributed by atoms with Crippen LogP contribution in [-0.2, 0) is 9.53 Å². The molecule has 2 aliphatic rings. The number of nitrogens with two attached hydrogens (primary N) is 1. The number of carbonyl (C=O) groups is 1. The summed E-state index contributed by atoms with van der Waals surface area (Å²) in [6, 6.07) is 0. The molecular formula is C11H18N2O2S. The molecule has 0 aliphatic carbocycles. The number of likely N-dealkylation sites (tertiary alicyclic amines) is 1. The van der Waals surface area contributed by atoms with Gasteiger partial charge in [0.2, 0.25) is 5.91 Å². The lowest BCUT2D eigenvalue weighted by molar-refractivity contribution is -0.141. The predicted octanol–water partition coefficient (Wildman–Crippen LogP) is 0.692. The summed E-state index contributed by atoms with van der Waals surface area (Å²) in [6.45, 7) is 2.86. The van der Waals surface area contributed by atoms with E-state index in [4.69, 9.17) is 22.7 Å². The zero-order valence-corrected chi connectivity index (χ0v) is 10.2. The van der Waals surface area contributed by atoms with E-state index in [1.165, 1.54) is 0 Å². The Balaban J connectivity index is 2.17. The molecule has 0 aromatic rings. The average molecular weight is 242 g/mol. The first kappa shape index (κ1) is 11.8. The first-order valence-electron chi connectivity index (χ1n) is 5.84. The smallest absolute Gasteiger partial charge is 0.235 e. The highest BCUT2D eigenvalue weighted by Gasteiger charge is 2.45. The Bertz CT molecular complexity index is 294. The van der Waals surface area contributed by atoms with Crippen LogP contribution in [0.15, 0.2) is 0 Å². The molecule has 2 rings (SSSR count). The Kier molecular flexibility index (Phi) is 3.44. The first-order valence-corrected chi connectivity index (χ1v) is 6.25. The minimum absolute atomic E-state index is 0.126. The molecule has 90 valence electrons. The van der Waals surface area contributed by atoms with Gasteiger partial charge in [0.05, 0.1) is 4.99 Å². The Morgan fingerprint density at radius 2 is 1.81 bits per heavy atom. The molecule has 2 N–H and O–H groups in total. The molecule has 2 saturated heterocycles. The SMILES string of the molecule is NC(=S)C1(C(=O)N2CCCC2)CCOCC1. The molecule has 2 heterocycles. The van der Waals surface area contributed by atoms with E-state index >= 15 is 0 Å². The monoisotopic (exact) mass is 242 g/mol. The molecule has 0 bridgehead atoms. The summed E-state index contributed by atoms with van der Waals surface area (Å²) in [5, 5.41) is 0. The lowest BCUT2D eigenvalue weighted by atomic mass is 9.78.